The normalized spacial score (nSPS) is 22.3. The molecule has 2 aliphatic rings. The molecule has 1 heterocycles. The predicted octanol–water partition coefficient (Wildman–Crippen LogP) is 1.54. The van der Waals surface area contributed by atoms with Gasteiger partial charge in [0.05, 0.1) is 7.11 Å². The van der Waals surface area contributed by atoms with Crippen molar-refractivity contribution in [3.63, 3.8) is 0 Å². The Balaban J connectivity index is 2.17. The highest BCUT2D eigenvalue weighted by atomic mass is 16.5. The van der Waals surface area contributed by atoms with Crippen molar-refractivity contribution in [3.05, 3.63) is 11.3 Å². The van der Waals surface area contributed by atoms with E-state index in [2.05, 4.69) is 4.74 Å². The van der Waals surface area contributed by atoms with Crippen LogP contribution in [0.15, 0.2) is 11.3 Å². The minimum Gasteiger partial charge on any atom is -0.511 e. The number of hydrogen-bond donors (Lipinski definition) is 1. The second-order valence-corrected chi connectivity index (χ2v) is 4.85. The molecule has 1 amide bonds. The zero-order valence-corrected chi connectivity index (χ0v) is 10.6. The summed E-state index contributed by atoms with van der Waals surface area (Å²) < 4.78 is 4.56. The first-order chi connectivity index (χ1) is 8.65. The van der Waals surface area contributed by atoms with Crippen molar-refractivity contribution in [2.24, 2.45) is 0 Å². The molecule has 0 radical (unpaired) electrons. The molecule has 0 aromatic rings. The molecule has 0 bridgehead atoms. The van der Waals surface area contributed by atoms with Crippen molar-refractivity contribution in [3.8, 4) is 0 Å². The second kappa shape index (κ2) is 5.42. The summed E-state index contributed by atoms with van der Waals surface area (Å²) in [5, 5.41) is 9.69. The van der Waals surface area contributed by atoms with Gasteiger partial charge in [0, 0.05) is 19.0 Å². The molecule has 5 nitrogen and oxygen atoms in total. The van der Waals surface area contributed by atoms with E-state index < -0.39 is 5.97 Å². The summed E-state index contributed by atoms with van der Waals surface area (Å²) >= 11 is 0. The molecule has 1 aliphatic heterocycles. The number of amides is 1. The molecule has 100 valence electrons. The molecule has 1 aliphatic carbocycles. The highest BCUT2D eigenvalue weighted by Gasteiger charge is 2.36. The van der Waals surface area contributed by atoms with E-state index in [1.165, 1.54) is 13.5 Å². The number of hydrogen-bond acceptors (Lipinski definition) is 4. The van der Waals surface area contributed by atoms with Gasteiger partial charge >= 0.3 is 5.97 Å². The lowest BCUT2D eigenvalue weighted by atomic mass is 9.92. The Bertz CT molecular complexity index is 382. The van der Waals surface area contributed by atoms with Crippen LogP contribution in [0.5, 0.6) is 0 Å². The fourth-order valence-corrected chi connectivity index (χ4v) is 2.77. The number of nitrogens with zero attached hydrogens (tertiary/aromatic N) is 1. The van der Waals surface area contributed by atoms with Gasteiger partial charge in [-0.25, -0.2) is 4.79 Å². The van der Waals surface area contributed by atoms with E-state index in [-0.39, 0.29) is 23.3 Å². The second-order valence-electron chi connectivity index (χ2n) is 4.85. The fourth-order valence-electron chi connectivity index (χ4n) is 2.77. The number of carbonyl (C=O) groups is 2. The van der Waals surface area contributed by atoms with Gasteiger partial charge in [0.25, 0.3) is 5.91 Å². The Morgan fingerprint density at radius 3 is 2.61 bits per heavy atom. The maximum atomic E-state index is 12.2. The first-order valence-electron chi connectivity index (χ1n) is 6.46. The summed E-state index contributed by atoms with van der Waals surface area (Å²) in [4.78, 5) is 25.5. The number of aliphatic hydroxyl groups is 1. The summed E-state index contributed by atoms with van der Waals surface area (Å²) in [5.41, 5.74) is -0.186. The topological polar surface area (TPSA) is 66.8 Å². The van der Waals surface area contributed by atoms with E-state index >= 15 is 0 Å². The first kappa shape index (κ1) is 12.9. The molecule has 18 heavy (non-hydrogen) atoms. The molecule has 1 fully saturated rings. The SMILES string of the molecule is COC(=O)C1=C(O)CCN(C2CCCCC2)C1=O. The molecule has 2 rings (SSSR count). The fraction of sp³-hybridized carbons (Fsp3) is 0.692. The van der Waals surface area contributed by atoms with E-state index in [9.17, 15) is 14.7 Å². The third-order valence-electron chi connectivity index (χ3n) is 3.76. The number of rotatable bonds is 2. The molecule has 0 aromatic carbocycles. The van der Waals surface area contributed by atoms with Gasteiger partial charge in [0.1, 0.15) is 5.76 Å². The molecular weight excluding hydrogens is 234 g/mol. The van der Waals surface area contributed by atoms with Crippen LogP contribution in [0.3, 0.4) is 0 Å². The van der Waals surface area contributed by atoms with Crippen molar-refractivity contribution in [2.45, 2.75) is 44.6 Å². The molecule has 1 saturated carbocycles. The molecular formula is C13H19NO4. The van der Waals surface area contributed by atoms with E-state index in [1.807, 2.05) is 0 Å². The van der Waals surface area contributed by atoms with Crippen molar-refractivity contribution >= 4 is 11.9 Å². The Morgan fingerprint density at radius 2 is 2.00 bits per heavy atom. The highest BCUT2D eigenvalue weighted by molar-refractivity contribution is 6.17. The monoisotopic (exact) mass is 253 g/mol. The zero-order chi connectivity index (χ0) is 13.1. The Hall–Kier alpha value is -1.52. The van der Waals surface area contributed by atoms with E-state index in [1.54, 1.807) is 4.90 Å². The lowest BCUT2D eigenvalue weighted by Crippen LogP contribution is -2.46. The molecule has 0 aromatic heterocycles. The lowest BCUT2D eigenvalue weighted by Gasteiger charge is -2.36. The molecule has 0 saturated heterocycles. The van der Waals surface area contributed by atoms with Gasteiger partial charge < -0.3 is 14.7 Å². The minimum absolute atomic E-state index is 0.140. The van der Waals surface area contributed by atoms with Gasteiger partial charge in [-0.1, -0.05) is 19.3 Å². The average molecular weight is 253 g/mol. The quantitative estimate of drug-likeness (QED) is 0.598. The first-order valence-corrected chi connectivity index (χ1v) is 6.46. The lowest BCUT2D eigenvalue weighted by molar-refractivity contribution is -0.142. The third kappa shape index (κ3) is 2.35. The summed E-state index contributed by atoms with van der Waals surface area (Å²) in [6.45, 7) is 0.496. The van der Waals surface area contributed by atoms with Gasteiger partial charge in [0.2, 0.25) is 0 Å². The summed E-state index contributed by atoms with van der Waals surface area (Å²) in [5.74, 6) is -1.26. The number of methoxy groups -OCH3 is 1. The molecule has 0 unspecified atom stereocenters. The third-order valence-corrected chi connectivity index (χ3v) is 3.76. The average Bonchev–Trinajstić information content (AvgIpc) is 2.39. The van der Waals surface area contributed by atoms with E-state index in [0.29, 0.717) is 13.0 Å². The summed E-state index contributed by atoms with van der Waals surface area (Å²) in [6, 6.07) is 0.207. The van der Waals surface area contributed by atoms with Crippen LogP contribution in [-0.4, -0.2) is 41.6 Å². The minimum atomic E-state index is -0.738. The van der Waals surface area contributed by atoms with Crippen LogP contribution in [0.25, 0.3) is 0 Å². The van der Waals surface area contributed by atoms with Gasteiger partial charge in [-0.3, -0.25) is 4.79 Å². The number of ether oxygens (including phenoxy) is 1. The summed E-state index contributed by atoms with van der Waals surface area (Å²) in [6.07, 6.45) is 5.77. The van der Waals surface area contributed by atoms with Crippen molar-refractivity contribution < 1.29 is 19.4 Å². The zero-order valence-electron chi connectivity index (χ0n) is 10.6. The van der Waals surface area contributed by atoms with E-state index in [4.69, 9.17) is 0 Å². The van der Waals surface area contributed by atoms with Crippen molar-refractivity contribution in [1.82, 2.24) is 4.90 Å². The van der Waals surface area contributed by atoms with Crippen LogP contribution in [0.1, 0.15) is 38.5 Å². The highest BCUT2D eigenvalue weighted by Crippen LogP contribution is 2.27. The van der Waals surface area contributed by atoms with Crippen LogP contribution >= 0.6 is 0 Å². The largest absolute Gasteiger partial charge is 0.511 e. The van der Waals surface area contributed by atoms with Crippen LogP contribution in [0, 0.1) is 0 Å². The van der Waals surface area contributed by atoms with Crippen LogP contribution in [0.4, 0.5) is 0 Å². The number of esters is 1. The number of aliphatic hydroxyl groups excluding tert-OH is 1. The van der Waals surface area contributed by atoms with Gasteiger partial charge in [-0.15, -0.1) is 0 Å². The maximum absolute atomic E-state index is 12.2. The van der Waals surface area contributed by atoms with Gasteiger partial charge in [-0.05, 0) is 12.8 Å². The van der Waals surface area contributed by atoms with Gasteiger partial charge in [-0.2, -0.15) is 0 Å². The Labute approximate surface area is 106 Å². The van der Waals surface area contributed by atoms with E-state index in [0.717, 1.165) is 25.7 Å². The van der Waals surface area contributed by atoms with Crippen LogP contribution in [0.2, 0.25) is 0 Å². The van der Waals surface area contributed by atoms with Crippen LogP contribution < -0.4 is 0 Å². The molecule has 1 N–H and O–H groups in total. The van der Waals surface area contributed by atoms with Crippen molar-refractivity contribution in [2.75, 3.05) is 13.7 Å². The van der Waals surface area contributed by atoms with Crippen LogP contribution in [-0.2, 0) is 14.3 Å². The smallest absolute Gasteiger partial charge is 0.346 e. The summed E-state index contributed by atoms with van der Waals surface area (Å²) in [7, 11) is 1.22. The maximum Gasteiger partial charge on any atom is 0.346 e. The molecule has 0 atom stereocenters. The standard InChI is InChI=1S/C13H19NO4/c1-18-13(17)11-10(15)7-8-14(12(11)16)9-5-3-2-4-6-9/h9,15H,2-8H2,1H3. The Kier molecular flexibility index (Phi) is 3.89. The molecule has 0 spiro atoms. The van der Waals surface area contributed by atoms with Crippen molar-refractivity contribution in [1.29, 1.82) is 0 Å². The predicted molar refractivity (Wildman–Crippen MR) is 64.9 cm³/mol. The Morgan fingerprint density at radius 1 is 1.33 bits per heavy atom. The molecule has 5 heteroatoms. The van der Waals surface area contributed by atoms with Gasteiger partial charge in [0.15, 0.2) is 5.57 Å². The number of carbonyl (C=O) groups excluding carboxylic acids is 2.